The van der Waals surface area contributed by atoms with Crippen LogP contribution in [0.1, 0.15) is 32.6 Å². The van der Waals surface area contributed by atoms with Crippen LogP contribution in [0, 0.1) is 17.2 Å². The van der Waals surface area contributed by atoms with Crippen molar-refractivity contribution in [3.05, 3.63) is 0 Å². The Labute approximate surface area is 101 Å². The Hall–Kier alpha value is -1.13. The molecule has 0 aromatic heterocycles. The molecule has 0 heterocycles. The third-order valence-electron chi connectivity index (χ3n) is 2.79. The van der Waals surface area contributed by atoms with Crippen LogP contribution in [-0.4, -0.2) is 30.8 Å². The lowest BCUT2D eigenvalue weighted by molar-refractivity contribution is -0.137. The summed E-state index contributed by atoms with van der Waals surface area (Å²) in [5.74, 6) is -0.938. The Kier molecular flexibility index (Phi) is 4.48. The second-order valence-electron chi connectivity index (χ2n) is 4.23. The molecule has 7 heteroatoms. The number of aliphatic carboxylic acids is 1. The predicted molar refractivity (Wildman–Crippen MR) is 60.5 cm³/mol. The zero-order valence-electron chi connectivity index (χ0n) is 9.59. The summed E-state index contributed by atoms with van der Waals surface area (Å²) in [7, 11) is -3.75. The first-order valence-electron chi connectivity index (χ1n) is 5.53. The second kappa shape index (κ2) is 5.47. The van der Waals surface area contributed by atoms with Gasteiger partial charge in [0.1, 0.15) is 0 Å². The lowest BCUT2D eigenvalue weighted by Crippen LogP contribution is -2.42. The molecule has 2 unspecified atom stereocenters. The maximum Gasteiger partial charge on any atom is 0.304 e. The van der Waals surface area contributed by atoms with Gasteiger partial charge in [0.2, 0.25) is 10.0 Å². The van der Waals surface area contributed by atoms with Crippen molar-refractivity contribution in [3.63, 3.8) is 0 Å². The van der Waals surface area contributed by atoms with Crippen LogP contribution in [0.3, 0.4) is 0 Å². The van der Waals surface area contributed by atoms with Gasteiger partial charge in [-0.2, -0.15) is 5.26 Å². The molecule has 1 saturated carbocycles. The van der Waals surface area contributed by atoms with Crippen LogP contribution in [0.5, 0.6) is 0 Å². The smallest absolute Gasteiger partial charge is 0.304 e. The Bertz CT molecular complexity index is 422. The Morgan fingerprint density at radius 2 is 2.18 bits per heavy atom. The number of nitrogens with one attached hydrogen (secondary N) is 1. The van der Waals surface area contributed by atoms with Gasteiger partial charge in [-0.05, 0) is 25.2 Å². The fraction of sp³-hybridized carbons (Fsp3) is 0.800. The van der Waals surface area contributed by atoms with Crippen LogP contribution in [-0.2, 0) is 14.8 Å². The van der Waals surface area contributed by atoms with E-state index in [2.05, 4.69) is 4.72 Å². The number of nitriles is 1. The molecule has 0 spiro atoms. The second-order valence-corrected chi connectivity index (χ2v) is 6.13. The number of hydrogen-bond donors (Lipinski definition) is 2. The minimum atomic E-state index is -3.75. The van der Waals surface area contributed by atoms with Gasteiger partial charge in [0.15, 0.2) is 5.25 Å². The molecule has 0 saturated heterocycles. The van der Waals surface area contributed by atoms with Crippen LogP contribution >= 0.6 is 0 Å². The van der Waals surface area contributed by atoms with Crippen molar-refractivity contribution >= 4 is 16.0 Å². The molecular weight excluding hydrogens is 244 g/mol. The zero-order valence-corrected chi connectivity index (χ0v) is 10.4. The van der Waals surface area contributed by atoms with E-state index in [1.165, 1.54) is 0 Å². The molecule has 17 heavy (non-hydrogen) atoms. The average molecular weight is 260 g/mol. The molecule has 1 fully saturated rings. The first-order chi connectivity index (χ1) is 7.90. The van der Waals surface area contributed by atoms with E-state index in [-0.39, 0.29) is 18.8 Å². The maximum absolute atomic E-state index is 11.8. The minimum Gasteiger partial charge on any atom is -0.481 e. The van der Waals surface area contributed by atoms with Crippen molar-refractivity contribution < 1.29 is 18.3 Å². The van der Waals surface area contributed by atoms with Crippen LogP contribution in [0.4, 0.5) is 0 Å². The van der Waals surface area contributed by atoms with E-state index in [1.54, 1.807) is 13.0 Å². The lowest BCUT2D eigenvalue weighted by Gasteiger charge is -2.18. The van der Waals surface area contributed by atoms with Crippen molar-refractivity contribution in [3.8, 4) is 6.07 Å². The van der Waals surface area contributed by atoms with E-state index in [0.717, 1.165) is 12.8 Å². The van der Waals surface area contributed by atoms with E-state index in [0.29, 0.717) is 0 Å². The summed E-state index contributed by atoms with van der Waals surface area (Å²) in [6.07, 6.45) is 1.63. The highest BCUT2D eigenvalue weighted by Gasteiger charge is 2.37. The highest BCUT2D eigenvalue weighted by Crippen LogP contribution is 2.34. The standard InChI is InChI=1S/C10H16N2O4S/c1-2-8(6-11)17(15,16)12-9(5-10(13)14)7-3-4-7/h7-9,12H,2-5H2,1H3,(H,13,14). The topological polar surface area (TPSA) is 107 Å². The molecule has 0 aromatic carbocycles. The highest BCUT2D eigenvalue weighted by molar-refractivity contribution is 7.90. The van der Waals surface area contributed by atoms with Gasteiger partial charge in [0, 0.05) is 6.04 Å². The molecule has 1 aliphatic rings. The van der Waals surface area contributed by atoms with Gasteiger partial charge in [0.05, 0.1) is 12.5 Å². The Morgan fingerprint density at radius 3 is 2.53 bits per heavy atom. The largest absolute Gasteiger partial charge is 0.481 e. The van der Waals surface area contributed by atoms with E-state index in [9.17, 15) is 13.2 Å². The quantitative estimate of drug-likeness (QED) is 0.691. The van der Waals surface area contributed by atoms with E-state index in [1.807, 2.05) is 0 Å². The lowest BCUT2D eigenvalue weighted by atomic mass is 10.1. The van der Waals surface area contributed by atoms with Crippen molar-refractivity contribution in [2.45, 2.75) is 43.9 Å². The average Bonchev–Trinajstić information content (AvgIpc) is 2.99. The van der Waals surface area contributed by atoms with Crippen LogP contribution < -0.4 is 4.72 Å². The van der Waals surface area contributed by atoms with Crippen molar-refractivity contribution in [2.24, 2.45) is 5.92 Å². The molecule has 0 radical (unpaired) electrons. The third kappa shape index (κ3) is 3.98. The van der Waals surface area contributed by atoms with Crippen molar-refractivity contribution in [2.75, 3.05) is 0 Å². The summed E-state index contributed by atoms with van der Waals surface area (Å²) in [6.45, 7) is 1.61. The van der Waals surface area contributed by atoms with Gasteiger partial charge in [-0.15, -0.1) is 0 Å². The van der Waals surface area contributed by atoms with Crippen LogP contribution in [0.15, 0.2) is 0 Å². The third-order valence-corrected chi connectivity index (χ3v) is 4.61. The minimum absolute atomic E-state index is 0.0945. The number of sulfonamides is 1. The molecule has 2 atom stereocenters. The molecule has 2 N–H and O–H groups in total. The number of carboxylic acid groups (broad SMARTS) is 1. The van der Waals surface area contributed by atoms with E-state index in [4.69, 9.17) is 10.4 Å². The van der Waals surface area contributed by atoms with Gasteiger partial charge >= 0.3 is 5.97 Å². The number of rotatable bonds is 7. The summed E-state index contributed by atoms with van der Waals surface area (Å²) in [6, 6.07) is 1.13. The van der Waals surface area contributed by atoms with Gasteiger partial charge in [-0.3, -0.25) is 4.79 Å². The van der Waals surface area contributed by atoms with E-state index >= 15 is 0 Å². The van der Waals surface area contributed by atoms with Crippen molar-refractivity contribution in [1.82, 2.24) is 4.72 Å². The monoisotopic (exact) mass is 260 g/mol. The summed E-state index contributed by atoms with van der Waals surface area (Å²) in [5.41, 5.74) is 0. The molecule has 0 bridgehead atoms. The summed E-state index contributed by atoms with van der Waals surface area (Å²) >= 11 is 0. The highest BCUT2D eigenvalue weighted by atomic mass is 32.2. The summed E-state index contributed by atoms with van der Waals surface area (Å²) < 4.78 is 25.9. The van der Waals surface area contributed by atoms with Crippen LogP contribution in [0.2, 0.25) is 0 Å². The summed E-state index contributed by atoms with van der Waals surface area (Å²) in [4.78, 5) is 10.6. The van der Waals surface area contributed by atoms with Gasteiger partial charge in [-0.1, -0.05) is 6.92 Å². The number of hydrogen-bond acceptors (Lipinski definition) is 4. The number of carbonyl (C=O) groups is 1. The molecule has 0 amide bonds. The predicted octanol–water partition coefficient (Wildman–Crippen LogP) is 0.461. The zero-order chi connectivity index (χ0) is 13.1. The van der Waals surface area contributed by atoms with Crippen molar-refractivity contribution in [1.29, 1.82) is 5.26 Å². The van der Waals surface area contributed by atoms with E-state index < -0.39 is 27.3 Å². The molecule has 0 aliphatic heterocycles. The first kappa shape index (κ1) is 13.9. The molecule has 96 valence electrons. The maximum atomic E-state index is 11.8. The molecule has 0 aromatic rings. The molecule has 6 nitrogen and oxygen atoms in total. The summed E-state index contributed by atoms with van der Waals surface area (Å²) in [5, 5.41) is 16.3. The normalized spacial score (nSPS) is 19.3. The molecule has 1 aliphatic carbocycles. The molecular formula is C10H16N2O4S. The number of nitrogens with zero attached hydrogens (tertiary/aromatic N) is 1. The first-order valence-corrected chi connectivity index (χ1v) is 7.08. The fourth-order valence-electron chi connectivity index (χ4n) is 1.66. The van der Waals surface area contributed by atoms with Gasteiger partial charge in [-0.25, -0.2) is 13.1 Å². The van der Waals surface area contributed by atoms with Crippen LogP contribution in [0.25, 0.3) is 0 Å². The Morgan fingerprint density at radius 1 is 1.59 bits per heavy atom. The Balaban J connectivity index is 2.72. The van der Waals surface area contributed by atoms with Gasteiger partial charge < -0.3 is 5.11 Å². The molecule has 1 rings (SSSR count). The SMILES string of the molecule is CCC(C#N)S(=O)(=O)NC(CC(=O)O)C1CC1. The number of carboxylic acids is 1. The fourth-order valence-corrected chi connectivity index (χ4v) is 3.10. The van der Waals surface area contributed by atoms with Gasteiger partial charge in [0.25, 0.3) is 0 Å².